The lowest BCUT2D eigenvalue weighted by Crippen LogP contribution is -2.25. The van der Waals surface area contributed by atoms with Crippen molar-refractivity contribution in [3.8, 4) is 0 Å². The first-order chi connectivity index (χ1) is 6.91. The number of hydrogen-bond donors (Lipinski definition) is 1. The van der Waals surface area contributed by atoms with Gasteiger partial charge in [0, 0.05) is 15.1 Å². The first-order valence-electron chi connectivity index (χ1n) is 3.98. The van der Waals surface area contributed by atoms with E-state index in [9.17, 15) is 4.79 Å². The molecule has 0 aliphatic heterocycles. The van der Waals surface area contributed by atoms with Crippen molar-refractivity contribution in [3.05, 3.63) is 32.8 Å². The lowest BCUT2D eigenvalue weighted by atomic mass is 10.1. The molecule has 1 rings (SSSR count). The molecule has 6 heteroatoms. The molecule has 0 spiro atoms. The summed E-state index contributed by atoms with van der Waals surface area (Å²) in [6, 6.07) is 3.15. The molecule has 0 radical (unpaired) electrons. The Kier molecular flexibility index (Phi) is 4.71. The number of rotatable bonds is 3. The fourth-order valence-corrected chi connectivity index (χ4v) is 2.34. The zero-order valence-electron chi connectivity index (χ0n) is 7.44. The summed E-state index contributed by atoms with van der Waals surface area (Å²) < 4.78 is 0. The van der Waals surface area contributed by atoms with Gasteiger partial charge in [-0.05, 0) is 24.1 Å². The predicted molar refractivity (Wildman–Crippen MR) is 67.1 cm³/mol. The normalized spacial score (nSPS) is 12.5. The third-order valence-corrected chi connectivity index (χ3v) is 3.47. The Morgan fingerprint density at radius 2 is 1.80 bits per heavy atom. The van der Waals surface area contributed by atoms with Crippen molar-refractivity contribution < 1.29 is 4.79 Å². The number of alkyl halides is 1. The van der Waals surface area contributed by atoms with Crippen LogP contribution in [-0.4, -0.2) is 10.7 Å². The Labute approximate surface area is 111 Å². The van der Waals surface area contributed by atoms with Crippen molar-refractivity contribution in [2.24, 2.45) is 5.73 Å². The fraction of sp³-hybridized carbons (Fsp3) is 0.222. The summed E-state index contributed by atoms with van der Waals surface area (Å²) >= 11 is 20.8. The summed E-state index contributed by atoms with van der Waals surface area (Å²) in [7, 11) is 0. The maximum Gasteiger partial charge on any atom is 0.231 e. The van der Waals surface area contributed by atoms with Gasteiger partial charge in [0.2, 0.25) is 5.91 Å². The maximum atomic E-state index is 10.9. The number of nitrogens with two attached hydrogens (primary N) is 1. The van der Waals surface area contributed by atoms with Crippen LogP contribution in [0.5, 0.6) is 0 Å². The molecule has 1 aromatic carbocycles. The average Bonchev–Trinajstić information content (AvgIpc) is 2.10. The summed E-state index contributed by atoms with van der Waals surface area (Å²) in [4.78, 5) is 10.4. The lowest BCUT2D eigenvalue weighted by Gasteiger charge is -2.10. The van der Waals surface area contributed by atoms with Crippen molar-refractivity contribution in [1.29, 1.82) is 0 Å². The quantitative estimate of drug-likeness (QED) is 0.847. The van der Waals surface area contributed by atoms with Crippen molar-refractivity contribution in [1.82, 2.24) is 0 Å². The standard InChI is InChI=1S/C9H7BrCl3NO/c10-6(9(14)15)3-5-7(12)1-4(11)2-8(5)13/h1-2,6H,3H2,(H2,14,15). The van der Waals surface area contributed by atoms with E-state index < -0.39 is 10.7 Å². The van der Waals surface area contributed by atoms with E-state index in [0.29, 0.717) is 27.1 Å². The molecule has 0 saturated carbocycles. The number of benzene rings is 1. The molecule has 0 aliphatic carbocycles. The van der Waals surface area contributed by atoms with E-state index in [1.807, 2.05) is 0 Å². The number of carbonyl (C=O) groups excluding carboxylic acids is 1. The van der Waals surface area contributed by atoms with E-state index in [4.69, 9.17) is 40.5 Å². The number of primary amides is 1. The molecule has 0 fully saturated rings. The second kappa shape index (κ2) is 5.39. The van der Waals surface area contributed by atoms with E-state index in [1.165, 1.54) is 0 Å². The summed E-state index contributed by atoms with van der Waals surface area (Å²) in [6.45, 7) is 0. The molecule has 1 amide bonds. The molecule has 0 heterocycles. The molecule has 2 N–H and O–H groups in total. The van der Waals surface area contributed by atoms with Gasteiger partial charge in [0.05, 0.1) is 4.83 Å². The van der Waals surface area contributed by atoms with Crippen LogP contribution in [0.3, 0.4) is 0 Å². The zero-order valence-corrected chi connectivity index (χ0v) is 11.3. The summed E-state index contributed by atoms with van der Waals surface area (Å²) in [5.41, 5.74) is 5.77. The van der Waals surface area contributed by atoms with Gasteiger partial charge < -0.3 is 5.73 Å². The van der Waals surface area contributed by atoms with Crippen molar-refractivity contribution >= 4 is 56.6 Å². The van der Waals surface area contributed by atoms with Gasteiger partial charge in [-0.25, -0.2) is 0 Å². The lowest BCUT2D eigenvalue weighted by molar-refractivity contribution is -0.117. The van der Waals surface area contributed by atoms with Crippen LogP contribution >= 0.6 is 50.7 Å². The molecule has 1 unspecified atom stereocenters. The SMILES string of the molecule is NC(=O)C(Br)Cc1c(Cl)cc(Cl)cc1Cl. The Bertz CT molecular complexity index is 374. The molecule has 0 aliphatic rings. The van der Waals surface area contributed by atoms with Crippen molar-refractivity contribution in [3.63, 3.8) is 0 Å². The molecule has 1 atom stereocenters. The number of hydrogen-bond acceptors (Lipinski definition) is 1. The van der Waals surface area contributed by atoms with Gasteiger partial charge in [0.25, 0.3) is 0 Å². The highest BCUT2D eigenvalue weighted by Gasteiger charge is 2.16. The zero-order chi connectivity index (χ0) is 11.6. The van der Waals surface area contributed by atoms with Crippen LogP contribution in [0.15, 0.2) is 12.1 Å². The Hall–Kier alpha value is 0.0400. The van der Waals surface area contributed by atoms with Crippen molar-refractivity contribution in [2.75, 3.05) is 0 Å². The molecular weight excluding hydrogens is 324 g/mol. The summed E-state index contributed by atoms with van der Waals surface area (Å²) in [5, 5.41) is 1.32. The van der Waals surface area contributed by atoms with E-state index in [-0.39, 0.29) is 0 Å². The van der Waals surface area contributed by atoms with Gasteiger partial charge in [-0.1, -0.05) is 50.7 Å². The third-order valence-electron chi connectivity index (χ3n) is 1.80. The van der Waals surface area contributed by atoms with E-state index in [1.54, 1.807) is 12.1 Å². The molecule has 1 aromatic rings. The number of carbonyl (C=O) groups is 1. The third kappa shape index (κ3) is 3.52. The average molecular weight is 331 g/mol. The second-order valence-corrected chi connectivity index (χ2v) is 5.28. The highest BCUT2D eigenvalue weighted by molar-refractivity contribution is 9.10. The van der Waals surface area contributed by atoms with E-state index >= 15 is 0 Å². The summed E-state index contributed by atoms with van der Waals surface area (Å²) in [6.07, 6.45) is 0.337. The molecule has 82 valence electrons. The predicted octanol–water partition coefficient (Wildman–Crippen LogP) is 3.44. The van der Waals surface area contributed by atoms with Gasteiger partial charge in [-0.15, -0.1) is 0 Å². The minimum atomic E-state index is -0.492. The van der Waals surface area contributed by atoms with Crippen LogP contribution in [0.25, 0.3) is 0 Å². The topological polar surface area (TPSA) is 43.1 Å². The first kappa shape index (κ1) is 13.1. The molecular formula is C9H7BrCl3NO. The summed E-state index contributed by atoms with van der Waals surface area (Å²) in [5.74, 6) is -0.461. The molecule has 15 heavy (non-hydrogen) atoms. The molecule has 0 saturated heterocycles. The second-order valence-electron chi connectivity index (χ2n) is 2.92. The molecule has 2 nitrogen and oxygen atoms in total. The van der Waals surface area contributed by atoms with Crippen molar-refractivity contribution in [2.45, 2.75) is 11.2 Å². The smallest absolute Gasteiger partial charge is 0.231 e. The van der Waals surface area contributed by atoms with Gasteiger partial charge >= 0.3 is 0 Å². The van der Waals surface area contributed by atoms with Crippen LogP contribution in [0.1, 0.15) is 5.56 Å². The minimum absolute atomic E-state index is 0.337. The van der Waals surface area contributed by atoms with Gasteiger partial charge in [0.15, 0.2) is 0 Å². The fourth-order valence-electron chi connectivity index (χ4n) is 1.05. The molecule has 0 bridgehead atoms. The largest absolute Gasteiger partial charge is 0.369 e. The highest BCUT2D eigenvalue weighted by Crippen LogP contribution is 2.30. The Balaban J connectivity index is 3.00. The van der Waals surface area contributed by atoms with Crippen LogP contribution in [0.2, 0.25) is 15.1 Å². The molecule has 0 aromatic heterocycles. The maximum absolute atomic E-state index is 10.9. The van der Waals surface area contributed by atoms with E-state index in [2.05, 4.69) is 15.9 Å². The number of halogens is 4. The van der Waals surface area contributed by atoms with Gasteiger partial charge in [-0.2, -0.15) is 0 Å². The van der Waals surface area contributed by atoms with E-state index in [0.717, 1.165) is 0 Å². The first-order valence-corrected chi connectivity index (χ1v) is 6.03. The number of amides is 1. The van der Waals surface area contributed by atoms with Crippen LogP contribution in [0, 0.1) is 0 Å². The minimum Gasteiger partial charge on any atom is -0.369 e. The van der Waals surface area contributed by atoms with Crippen LogP contribution in [-0.2, 0) is 11.2 Å². The Morgan fingerprint density at radius 1 is 1.33 bits per heavy atom. The van der Waals surface area contributed by atoms with Gasteiger partial charge in [-0.3, -0.25) is 4.79 Å². The Morgan fingerprint density at radius 3 is 2.20 bits per heavy atom. The highest BCUT2D eigenvalue weighted by atomic mass is 79.9. The van der Waals surface area contributed by atoms with Crippen LogP contribution < -0.4 is 5.73 Å². The van der Waals surface area contributed by atoms with Crippen LogP contribution in [0.4, 0.5) is 0 Å². The monoisotopic (exact) mass is 329 g/mol. The van der Waals surface area contributed by atoms with Gasteiger partial charge in [0.1, 0.15) is 0 Å².